The summed E-state index contributed by atoms with van der Waals surface area (Å²) in [5, 5.41) is 9.26. The summed E-state index contributed by atoms with van der Waals surface area (Å²) >= 11 is 0. The number of ether oxygens (including phenoxy) is 2. The molecule has 0 bridgehead atoms. The van der Waals surface area contributed by atoms with Crippen LogP contribution >= 0.6 is 0 Å². The summed E-state index contributed by atoms with van der Waals surface area (Å²) in [6.07, 6.45) is 3.23. The van der Waals surface area contributed by atoms with Crippen LogP contribution in [0.1, 0.15) is 58.7 Å². The number of benzene rings is 2. The number of aromatic nitrogens is 1. The molecule has 0 radical (unpaired) electrons. The number of hydrogen-bond acceptors (Lipinski definition) is 3. The number of nitrogens with zero attached hydrogens (tertiary/aromatic N) is 1. The number of rotatable bonds is 8. The van der Waals surface area contributed by atoms with Gasteiger partial charge in [-0.05, 0) is 75.9 Å². The summed E-state index contributed by atoms with van der Waals surface area (Å²) in [7, 11) is 0. The van der Waals surface area contributed by atoms with Crippen molar-refractivity contribution in [1.82, 2.24) is 4.57 Å². The van der Waals surface area contributed by atoms with Gasteiger partial charge in [0.2, 0.25) is 0 Å². The topological polar surface area (TPSA) is 60.7 Å². The normalized spacial score (nSPS) is 19.5. The Kier molecular flexibility index (Phi) is 7.62. The molecule has 2 atom stereocenters. The van der Waals surface area contributed by atoms with Crippen LogP contribution in [0.25, 0.3) is 22.3 Å². The smallest absolute Gasteiger partial charge is 0.305 e. The van der Waals surface area contributed by atoms with Crippen LogP contribution in [-0.4, -0.2) is 33.6 Å². The first-order valence-corrected chi connectivity index (χ1v) is 12.4. The van der Waals surface area contributed by atoms with E-state index in [4.69, 9.17) is 9.47 Å². The highest BCUT2D eigenvalue weighted by atomic mass is 19.1. The molecule has 1 aromatic heterocycles. The fourth-order valence-corrected chi connectivity index (χ4v) is 5.08. The number of halogens is 2. The van der Waals surface area contributed by atoms with Crippen LogP contribution in [0.15, 0.2) is 54.7 Å². The Morgan fingerprint density at radius 2 is 1.56 bits per heavy atom. The highest BCUT2D eigenvalue weighted by Crippen LogP contribution is 2.40. The van der Waals surface area contributed by atoms with Gasteiger partial charge in [-0.1, -0.05) is 24.3 Å². The van der Waals surface area contributed by atoms with Gasteiger partial charge in [-0.15, -0.1) is 0 Å². The van der Waals surface area contributed by atoms with Crippen molar-refractivity contribution in [2.24, 2.45) is 0 Å². The van der Waals surface area contributed by atoms with Crippen molar-refractivity contribution < 1.29 is 28.2 Å². The summed E-state index contributed by atoms with van der Waals surface area (Å²) < 4.78 is 41.6. The van der Waals surface area contributed by atoms with E-state index in [1.165, 1.54) is 24.3 Å². The molecule has 0 unspecified atom stereocenters. The van der Waals surface area contributed by atoms with E-state index >= 15 is 0 Å². The largest absolute Gasteiger partial charge is 0.481 e. The fraction of sp³-hybridized carbons (Fsp3) is 0.414. The zero-order valence-electron chi connectivity index (χ0n) is 21.1. The van der Waals surface area contributed by atoms with E-state index in [2.05, 4.69) is 24.6 Å². The first-order valence-electron chi connectivity index (χ1n) is 12.4. The Balaban J connectivity index is 1.72. The second kappa shape index (κ2) is 10.5. The fourth-order valence-electron chi connectivity index (χ4n) is 5.08. The lowest BCUT2D eigenvalue weighted by Crippen LogP contribution is -2.45. The van der Waals surface area contributed by atoms with E-state index in [-0.39, 0.29) is 30.2 Å². The molecule has 1 aliphatic heterocycles. The lowest BCUT2D eigenvalue weighted by atomic mass is 9.93. The van der Waals surface area contributed by atoms with Crippen LogP contribution in [0, 0.1) is 11.6 Å². The molecule has 5 nitrogen and oxygen atoms in total. The van der Waals surface area contributed by atoms with Crippen molar-refractivity contribution in [2.45, 2.75) is 77.4 Å². The maximum atomic E-state index is 13.8. The Morgan fingerprint density at radius 3 is 2.11 bits per heavy atom. The molecule has 36 heavy (non-hydrogen) atoms. The summed E-state index contributed by atoms with van der Waals surface area (Å²) in [5.74, 6) is -2.38. The Morgan fingerprint density at radius 1 is 1.00 bits per heavy atom. The third-order valence-corrected chi connectivity index (χ3v) is 6.51. The van der Waals surface area contributed by atoms with Crippen molar-refractivity contribution in [3.05, 3.63) is 72.1 Å². The molecule has 0 saturated carbocycles. The minimum Gasteiger partial charge on any atom is -0.481 e. The van der Waals surface area contributed by atoms with Gasteiger partial charge in [0.15, 0.2) is 5.79 Å². The molecule has 7 heteroatoms. The average molecular weight is 498 g/mol. The van der Waals surface area contributed by atoms with Crippen LogP contribution in [-0.2, 0) is 20.7 Å². The van der Waals surface area contributed by atoms with Crippen LogP contribution in [0.5, 0.6) is 0 Å². The lowest BCUT2D eigenvalue weighted by molar-refractivity contribution is -0.300. The highest BCUT2D eigenvalue weighted by Gasteiger charge is 2.36. The maximum Gasteiger partial charge on any atom is 0.305 e. The number of carboxylic acids is 1. The third kappa shape index (κ3) is 6.02. The minimum absolute atomic E-state index is 0.0682. The van der Waals surface area contributed by atoms with E-state index in [9.17, 15) is 18.7 Å². The van der Waals surface area contributed by atoms with Gasteiger partial charge < -0.3 is 19.1 Å². The van der Waals surface area contributed by atoms with Gasteiger partial charge in [0.25, 0.3) is 0 Å². The molecule has 0 spiro atoms. The van der Waals surface area contributed by atoms with Gasteiger partial charge in [-0.3, -0.25) is 4.79 Å². The molecule has 0 aliphatic carbocycles. The van der Waals surface area contributed by atoms with Crippen molar-refractivity contribution in [3.8, 4) is 22.3 Å². The number of aliphatic carboxylic acids is 1. The van der Waals surface area contributed by atoms with Gasteiger partial charge in [0.1, 0.15) is 11.6 Å². The molecular weight excluding hydrogens is 464 g/mol. The van der Waals surface area contributed by atoms with Gasteiger partial charge >= 0.3 is 5.97 Å². The lowest BCUT2D eigenvalue weighted by Gasteiger charge is -2.40. The second-order valence-corrected chi connectivity index (χ2v) is 10.1. The van der Waals surface area contributed by atoms with Gasteiger partial charge in [-0.25, -0.2) is 8.78 Å². The predicted octanol–water partition coefficient (Wildman–Crippen LogP) is 7.00. The molecule has 3 aromatic rings. The van der Waals surface area contributed by atoms with E-state index in [0.29, 0.717) is 19.3 Å². The molecule has 4 rings (SSSR count). The van der Waals surface area contributed by atoms with Crippen LogP contribution in [0.4, 0.5) is 8.78 Å². The van der Waals surface area contributed by atoms with E-state index in [0.717, 1.165) is 27.9 Å². The van der Waals surface area contributed by atoms with Crippen molar-refractivity contribution in [1.29, 1.82) is 0 Å². The predicted molar refractivity (Wildman–Crippen MR) is 135 cm³/mol. The Bertz CT molecular complexity index is 1200. The summed E-state index contributed by atoms with van der Waals surface area (Å²) in [6.45, 7) is 7.81. The molecule has 192 valence electrons. The van der Waals surface area contributed by atoms with Crippen molar-refractivity contribution in [3.63, 3.8) is 0 Å². The standard InChI is InChI=1S/C29H33F2NO4/c1-18(2)32-17-25(19-5-9-21(30)10-6-19)28(20-7-11-22(31)12-8-20)26(32)14-13-23-15-24(16-27(33)34)36-29(3,4)35-23/h5-12,17-18,23-24H,13-16H2,1-4H3,(H,33,34)/t23-,24-/m1/s1. The van der Waals surface area contributed by atoms with Gasteiger partial charge in [0, 0.05) is 35.5 Å². The van der Waals surface area contributed by atoms with E-state index < -0.39 is 17.9 Å². The van der Waals surface area contributed by atoms with Crippen LogP contribution < -0.4 is 0 Å². The number of hydrogen-bond donors (Lipinski definition) is 1. The number of carbonyl (C=O) groups is 1. The average Bonchev–Trinajstić information content (AvgIpc) is 3.17. The van der Waals surface area contributed by atoms with E-state index in [1.807, 2.05) is 0 Å². The molecule has 1 N–H and O–H groups in total. The van der Waals surface area contributed by atoms with Crippen LogP contribution in [0.3, 0.4) is 0 Å². The van der Waals surface area contributed by atoms with Crippen LogP contribution in [0.2, 0.25) is 0 Å². The molecule has 0 amide bonds. The summed E-state index contributed by atoms with van der Waals surface area (Å²) in [5.41, 5.74) is 4.74. The first kappa shape index (κ1) is 26.0. The van der Waals surface area contributed by atoms with Crippen molar-refractivity contribution >= 4 is 5.97 Å². The monoisotopic (exact) mass is 497 g/mol. The highest BCUT2D eigenvalue weighted by molar-refractivity contribution is 5.85. The zero-order valence-corrected chi connectivity index (χ0v) is 21.1. The molecule has 1 aliphatic rings. The minimum atomic E-state index is -0.896. The molecular formula is C29H33F2NO4. The number of carboxylic acid groups (broad SMARTS) is 1. The molecule has 1 fully saturated rings. The van der Waals surface area contributed by atoms with E-state index in [1.54, 1.807) is 38.1 Å². The van der Waals surface area contributed by atoms with Gasteiger partial charge in [-0.2, -0.15) is 0 Å². The van der Waals surface area contributed by atoms with Crippen molar-refractivity contribution in [2.75, 3.05) is 0 Å². The summed E-state index contributed by atoms with van der Waals surface area (Å²) in [4.78, 5) is 11.3. The summed E-state index contributed by atoms with van der Waals surface area (Å²) in [6, 6.07) is 13.0. The quantitative estimate of drug-likeness (QED) is 0.364. The zero-order chi connectivity index (χ0) is 26.0. The molecule has 2 heterocycles. The molecule has 2 aromatic carbocycles. The Hall–Kier alpha value is -3.03. The van der Waals surface area contributed by atoms with Gasteiger partial charge in [0.05, 0.1) is 18.6 Å². The molecule has 1 saturated heterocycles. The Labute approximate surface area is 210 Å². The maximum absolute atomic E-state index is 13.8. The third-order valence-electron chi connectivity index (χ3n) is 6.51. The first-order chi connectivity index (χ1) is 17.0. The second-order valence-electron chi connectivity index (χ2n) is 10.1. The SMILES string of the molecule is CC(C)n1cc(-c2ccc(F)cc2)c(-c2ccc(F)cc2)c1CC[C@@H]1C[C@H](CC(=O)O)OC(C)(C)O1.